The maximum Gasteiger partial charge on any atom is 0.251 e. The van der Waals surface area contributed by atoms with Crippen LogP contribution < -0.4 is 15.4 Å². The van der Waals surface area contributed by atoms with Crippen LogP contribution in [0, 0.1) is 5.82 Å². The number of likely N-dealkylation sites (N-methyl/N-ethyl adjacent to an activating group) is 1. The van der Waals surface area contributed by atoms with Gasteiger partial charge in [0.25, 0.3) is 5.91 Å². The molecule has 0 saturated carbocycles. The fourth-order valence-corrected chi connectivity index (χ4v) is 1.69. The first-order chi connectivity index (χ1) is 10.6. The summed E-state index contributed by atoms with van der Waals surface area (Å²) < 4.78 is 18.5. The van der Waals surface area contributed by atoms with Gasteiger partial charge >= 0.3 is 0 Å². The Hall–Kier alpha value is -2.89. The lowest BCUT2D eigenvalue weighted by Gasteiger charge is -2.07. The SMILES string of the molecule is CNC(=O)CNC(=O)c1ccc(Oc2cccc(F)c2)cc1. The van der Waals surface area contributed by atoms with Crippen LogP contribution in [0.3, 0.4) is 0 Å². The average molecular weight is 302 g/mol. The van der Waals surface area contributed by atoms with Crippen LogP contribution in [0.1, 0.15) is 10.4 Å². The fraction of sp³-hybridized carbons (Fsp3) is 0.125. The summed E-state index contributed by atoms with van der Waals surface area (Å²) in [7, 11) is 1.49. The number of rotatable bonds is 5. The number of carbonyl (C=O) groups excluding carboxylic acids is 2. The second-order valence-corrected chi connectivity index (χ2v) is 4.44. The van der Waals surface area contributed by atoms with Crippen molar-refractivity contribution in [3.05, 3.63) is 59.9 Å². The molecule has 2 aromatic rings. The average Bonchev–Trinajstić information content (AvgIpc) is 2.53. The molecule has 2 rings (SSSR count). The van der Waals surface area contributed by atoms with Crippen LogP contribution in [-0.2, 0) is 4.79 Å². The van der Waals surface area contributed by atoms with Gasteiger partial charge in [-0.1, -0.05) is 6.07 Å². The summed E-state index contributed by atoms with van der Waals surface area (Å²) in [5, 5.41) is 4.89. The number of hydrogen-bond acceptors (Lipinski definition) is 3. The molecule has 0 atom stereocenters. The van der Waals surface area contributed by atoms with Crippen molar-refractivity contribution < 1.29 is 18.7 Å². The normalized spacial score (nSPS) is 9.91. The summed E-state index contributed by atoms with van der Waals surface area (Å²) in [4.78, 5) is 22.9. The Bertz CT molecular complexity index is 671. The van der Waals surface area contributed by atoms with Crippen LogP contribution in [-0.4, -0.2) is 25.4 Å². The van der Waals surface area contributed by atoms with E-state index in [-0.39, 0.29) is 24.2 Å². The van der Waals surface area contributed by atoms with Crippen molar-refractivity contribution in [3.63, 3.8) is 0 Å². The zero-order chi connectivity index (χ0) is 15.9. The van der Waals surface area contributed by atoms with E-state index in [1.807, 2.05) is 0 Å². The van der Waals surface area contributed by atoms with Gasteiger partial charge in [0.15, 0.2) is 0 Å². The Labute approximate surface area is 127 Å². The number of nitrogens with one attached hydrogen (secondary N) is 2. The highest BCUT2D eigenvalue weighted by molar-refractivity contribution is 5.96. The lowest BCUT2D eigenvalue weighted by Crippen LogP contribution is -2.35. The minimum atomic E-state index is -0.386. The predicted molar refractivity (Wildman–Crippen MR) is 79.3 cm³/mol. The van der Waals surface area contributed by atoms with E-state index in [0.717, 1.165) is 0 Å². The number of amides is 2. The first-order valence-corrected chi connectivity index (χ1v) is 6.61. The summed E-state index contributed by atoms with van der Waals surface area (Å²) in [6, 6.07) is 12.1. The van der Waals surface area contributed by atoms with Gasteiger partial charge in [0.2, 0.25) is 5.91 Å². The largest absolute Gasteiger partial charge is 0.457 e. The molecule has 0 unspecified atom stereocenters. The van der Waals surface area contributed by atoms with Crippen molar-refractivity contribution in [2.75, 3.05) is 13.6 Å². The standard InChI is InChI=1S/C16H15FN2O3/c1-18-15(20)10-19-16(21)11-5-7-13(8-6-11)22-14-4-2-3-12(17)9-14/h2-9H,10H2,1H3,(H,18,20)(H,19,21). The van der Waals surface area contributed by atoms with Gasteiger partial charge in [0.05, 0.1) is 6.54 Å². The Morgan fingerprint density at radius 3 is 2.45 bits per heavy atom. The molecular weight excluding hydrogens is 287 g/mol. The van der Waals surface area contributed by atoms with E-state index < -0.39 is 0 Å². The predicted octanol–water partition coefficient (Wildman–Crippen LogP) is 2.09. The molecule has 0 bridgehead atoms. The van der Waals surface area contributed by atoms with Crippen molar-refractivity contribution >= 4 is 11.8 Å². The third kappa shape index (κ3) is 4.31. The summed E-state index contributed by atoms with van der Waals surface area (Å²) in [5.74, 6) is -0.173. The van der Waals surface area contributed by atoms with E-state index in [4.69, 9.17) is 4.74 Å². The lowest BCUT2D eigenvalue weighted by molar-refractivity contribution is -0.119. The highest BCUT2D eigenvalue weighted by atomic mass is 19.1. The summed E-state index contributed by atoms with van der Waals surface area (Å²) in [6.45, 7) is -0.0864. The lowest BCUT2D eigenvalue weighted by atomic mass is 10.2. The minimum Gasteiger partial charge on any atom is -0.457 e. The van der Waals surface area contributed by atoms with Gasteiger partial charge in [-0.2, -0.15) is 0 Å². The summed E-state index contributed by atoms with van der Waals surface area (Å²) in [6.07, 6.45) is 0. The first-order valence-electron chi connectivity index (χ1n) is 6.61. The summed E-state index contributed by atoms with van der Waals surface area (Å²) in [5.41, 5.74) is 0.399. The van der Waals surface area contributed by atoms with Crippen LogP contribution in [0.5, 0.6) is 11.5 Å². The molecule has 0 fully saturated rings. The minimum absolute atomic E-state index is 0.0864. The summed E-state index contributed by atoms with van der Waals surface area (Å²) >= 11 is 0. The van der Waals surface area contributed by atoms with E-state index in [1.54, 1.807) is 36.4 Å². The topological polar surface area (TPSA) is 67.4 Å². The molecule has 5 nitrogen and oxygen atoms in total. The smallest absolute Gasteiger partial charge is 0.251 e. The second kappa shape index (κ2) is 7.21. The number of hydrogen-bond donors (Lipinski definition) is 2. The molecule has 114 valence electrons. The van der Waals surface area contributed by atoms with Gasteiger partial charge in [-0.25, -0.2) is 4.39 Å². The van der Waals surface area contributed by atoms with Gasteiger partial charge in [0, 0.05) is 18.7 Å². The molecule has 2 aromatic carbocycles. The Morgan fingerprint density at radius 2 is 1.82 bits per heavy atom. The zero-order valence-corrected chi connectivity index (χ0v) is 11.9. The van der Waals surface area contributed by atoms with Crippen LogP contribution in [0.4, 0.5) is 4.39 Å². The van der Waals surface area contributed by atoms with Crippen LogP contribution in [0.2, 0.25) is 0 Å². The zero-order valence-electron chi connectivity index (χ0n) is 11.9. The van der Waals surface area contributed by atoms with Crippen LogP contribution in [0.25, 0.3) is 0 Å². The van der Waals surface area contributed by atoms with Gasteiger partial charge < -0.3 is 15.4 Å². The highest BCUT2D eigenvalue weighted by Crippen LogP contribution is 2.22. The Morgan fingerprint density at radius 1 is 1.09 bits per heavy atom. The molecule has 0 aromatic heterocycles. The van der Waals surface area contributed by atoms with E-state index in [9.17, 15) is 14.0 Å². The second-order valence-electron chi connectivity index (χ2n) is 4.44. The number of benzene rings is 2. The molecule has 0 aliphatic carbocycles. The highest BCUT2D eigenvalue weighted by Gasteiger charge is 2.07. The molecule has 0 saturated heterocycles. The van der Waals surface area contributed by atoms with E-state index in [2.05, 4.69) is 10.6 Å². The quantitative estimate of drug-likeness (QED) is 0.888. The molecule has 22 heavy (non-hydrogen) atoms. The fourth-order valence-electron chi connectivity index (χ4n) is 1.69. The van der Waals surface area contributed by atoms with Crippen LogP contribution in [0.15, 0.2) is 48.5 Å². The van der Waals surface area contributed by atoms with Crippen molar-refractivity contribution in [1.82, 2.24) is 10.6 Å². The first kappa shape index (κ1) is 15.5. The molecule has 2 amide bonds. The molecule has 6 heteroatoms. The molecule has 0 aliphatic heterocycles. The molecule has 0 spiro atoms. The molecule has 2 N–H and O–H groups in total. The van der Waals surface area contributed by atoms with Crippen molar-refractivity contribution in [2.45, 2.75) is 0 Å². The number of halogens is 1. The van der Waals surface area contributed by atoms with Gasteiger partial charge in [-0.15, -0.1) is 0 Å². The Kier molecular flexibility index (Phi) is 5.08. The molecule has 0 radical (unpaired) electrons. The van der Waals surface area contributed by atoms with Crippen molar-refractivity contribution in [1.29, 1.82) is 0 Å². The van der Waals surface area contributed by atoms with E-state index in [1.165, 1.54) is 19.2 Å². The number of carbonyl (C=O) groups is 2. The third-order valence-electron chi connectivity index (χ3n) is 2.84. The Balaban J connectivity index is 1.98. The number of ether oxygens (including phenoxy) is 1. The van der Waals surface area contributed by atoms with Gasteiger partial charge in [-0.05, 0) is 36.4 Å². The van der Waals surface area contributed by atoms with Gasteiger partial charge in [-0.3, -0.25) is 9.59 Å². The van der Waals surface area contributed by atoms with Crippen molar-refractivity contribution in [3.8, 4) is 11.5 Å². The molecule has 0 aliphatic rings. The van der Waals surface area contributed by atoms with E-state index in [0.29, 0.717) is 17.1 Å². The van der Waals surface area contributed by atoms with E-state index >= 15 is 0 Å². The van der Waals surface area contributed by atoms with Gasteiger partial charge in [0.1, 0.15) is 17.3 Å². The third-order valence-corrected chi connectivity index (χ3v) is 2.84. The molecule has 0 heterocycles. The monoisotopic (exact) mass is 302 g/mol. The maximum absolute atomic E-state index is 13.1. The maximum atomic E-state index is 13.1. The van der Waals surface area contributed by atoms with Crippen LogP contribution >= 0.6 is 0 Å². The molecular formula is C16H15FN2O3. The van der Waals surface area contributed by atoms with Crippen molar-refractivity contribution in [2.24, 2.45) is 0 Å².